The van der Waals surface area contributed by atoms with Gasteiger partial charge in [-0.25, -0.2) is 9.69 Å². The van der Waals surface area contributed by atoms with Crippen LogP contribution in [0.3, 0.4) is 0 Å². The maximum absolute atomic E-state index is 13.1. The molecule has 1 heterocycles. The molecule has 0 unspecified atom stereocenters. The summed E-state index contributed by atoms with van der Waals surface area (Å²) in [6.45, 7) is 2.82. The van der Waals surface area contributed by atoms with Crippen molar-refractivity contribution in [3.05, 3.63) is 94.5 Å². The van der Waals surface area contributed by atoms with Gasteiger partial charge in [0.05, 0.1) is 12.3 Å². The van der Waals surface area contributed by atoms with E-state index in [9.17, 15) is 14.4 Å². The predicted octanol–water partition coefficient (Wildman–Crippen LogP) is 5.37. The highest BCUT2D eigenvalue weighted by atomic mass is 35.5. The molecule has 1 N–H and O–H groups in total. The van der Waals surface area contributed by atoms with Crippen LogP contribution in [-0.4, -0.2) is 24.5 Å². The summed E-state index contributed by atoms with van der Waals surface area (Å²) in [6.07, 6.45) is 2.30. The average molecular weight is 491 g/mol. The summed E-state index contributed by atoms with van der Waals surface area (Å²) in [7, 11) is 0. The minimum atomic E-state index is -0.818. The third-order valence-electron chi connectivity index (χ3n) is 5.19. The monoisotopic (exact) mass is 490 g/mol. The van der Waals surface area contributed by atoms with Gasteiger partial charge in [0.2, 0.25) is 0 Å². The van der Waals surface area contributed by atoms with E-state index in [1.54, 1.807) is 54.6 Å². The van der Waals surface area contributed by atoms with E-state index in [2.05, 4.69) is 5.32 Å². The molecule has 0 aliphatic carbocycles. The third-order valence-corrected chi connectivity index (χ3v) is 5.56. The number of ether oxygens (including phenoxy) is 2. The highest BCUT2D eigenvalue weighted by Gasteiger charge is 2.36. The van der Waals surface area contributed by atoms with Crippen LogP contribution < -0.4 is 19.7 Å². The van der Waals surface area contributed by atoms with E-state index in [1.807, 2.05) is 25.1 Å². The fourth-order valence-corrected chi connectivity index (χ4v) is 3.63. The van der Waals surface area contributed by atoms with Crippen LogP contribution in [0.1, 0.15) is 24.5 Å². The van der Waals surface area contributed by atoms with Crippen molar-refractivity contribution >= 4 is 41.2 Å². The number of hydrogen-bond acceptors (Lipinski definition) is 5. The Morgan fingerprint density at radius 3 is 2.43 bits per heavy atom. The van der Waals surface area contributed by atoms with Gasteiger partial charge in [-0.15, -0.1) is 0 Å². The maximum atomic E-state index is 13.1. The number of amides is 4. The van der Waals surface area contributed by atoms with Gasteiger partial charge in [-0.1, -0.05) is 48.9 Å². The smallest absolute Gasteiger partial charge is 0.335 e. The van der Waals surface area contributed by atoms with Crippen molar-refractivity contribution in [3.8, 4) is 11.5 Å². The highest BCUT2D eigenvalue weighted by molar-refractivity contribution is 6.39. The van der Waals surface area contributed by atoms with Gasteiger partial charge in [-0.05, 0) is 60.5 Å². The van der Waals surface area contributed by atoms with Gasteiger partial charge in [-0.3, -0.25) is 14.9 Å². The molecule has 1 aliphatic rings. The molecule has 3 aromatic carbocycles. The second-order valence-electron chi connectivity index (χ2n) is 7.75. The van der Waals surface area contributed by atoms with Crippen molar-refractivity contribution in [2.75, 3.05) is 11.5 Å². The molecule has 4 amide bonds. The molecule has 0 saturated carbocycles. The highest BCUT2D eigenvalue weighted by Crippen LogP contribution is 2.26. The number of rotatable bonds is 8. The number of imide groups is 2. The van der Waals surface area contributed by atoms with Crippen molar-refractivity contribution in [2.45, 2.75) is 20.0 Å². The average Bonchev–Trinajstić information content (AvgIpc) is 2.86. The van der Waals surface area contributed by atoms with Gasteiger partial charge in [0.1, 0.15) is 23.7 Å². The lowest BCUT2D eigenvalue weighted by molar-refractivity contribution is -0.122. The summed E-state index contributed by atoms with van der Waals surface area (Å²) in [5, 5.41) is 2.83. The summed E-state index contributed by atoms with van der Waals surface area (Å²) >= 11 is 6.16. The maximum Gasteiger partial charge on any atom is 0.335 e. The number of nitrogens with zero attached hydrogens (tertiary/aromatic N) is 1. The Morgan fingerprint density at radius 2 is 1.69 bits per heavy atom. The van der Waals surface area contributed by atoms with E-state index < -0.39 is 17.8 Å². The van der Waals surface area contributed by atoms with E-state index in [0.29, 0.717) is 34.4 Å². The van der Waals surface area contributed by atoms with Crippen LogP contribution >= 0.6 is 11.6 Å². The fraction of sp³-hybridized carbons (Fsp3) is 0.148. The lowest BCUT2D eigenvalue weighted by Crippen LogP contribution is -2.54. The topological polar surface area (TPSA) is 84.9 Å². The molecular weight excluding hydrogens is 468 g/mol. The fourth-order valence-electron chi connectivity index (χ4n) is 3.44. The Balaban J connectivity index is 1.52. The number of hydrogen-bond donors (Lipinski definition) is 1. The minimum Gasteiger partial charge on any atom is -0.494 e. The number of anilines is 1. The first-order valence-corrected chi connectivity index (χ1v) is 11.4. The molecule has 0 spiro atoms. The summed E-state index contributed by atoms with van der Waals surface area (Å²) in [5.74, 6) is -0.307. The second kappa shape index (κ2) is 10.9. The molecule has 1 fully saturated rings. The first-order chi connectivity index (χ1) is 17.0. The summed E-state index contributed by atoms with van der Waals surface area (Å²) in [6, 6.07) is 20.0. The van der Waals surface area contributed by atoms with Crippen LogP contribution in [0.4, 0.5) is 10.5 Å². The van der Waals surface area contributed by atoms with E-state index in [0.717, 1.165) is 16.9 Å². The molecule has 35 heavy (non-hydrogen) atoms. The Hall–Kier alpha value is -4.10. The third kappa shape index (κ3) is 5.70. The number of benzene rings is 3. The molecule has 4 rings (SSSR count). The first-order valence-electron chi connectivity index (χ1n) is 11.1. The van der Waals surface area contributed by atoms with Gasteiger partial charge >= 0.3 is 6.03 Å². The zero-order valence-electron chi connectivity index (χ0n) is 19.0. The number of barbiturate groups is 1. The molecule has 178 valence electrons. The number of halogens is 1. The molecule has 0 radical (unpaired) electrons. The van der Waals surface area contributed by atoms with Crippen LogP contribution in [-0.2, 0) is 16.2 Å². The summed E-state index contributed by atoms with van der Waals surface area (Å²) in [4.78, 5) is 39.0. The van der Waals surface area contributed by atoms with E-state index in [-0.39, 0.29) is 12.2 Å². The standard InChI is InChI=1S/C27H23ClN2O5/c1-2-14-34-22-8-5-6-18(15-22)16-23-25(31)29-27(33)30(26(23)32)20-10-12-21(13-11-20)35-17-19-7-3-4-9-24(19)28/h3-13,15-16H,2,14,17H2,1H3,(H,29,31,33)/b23-16-. The van der Waals surface area contributed by atoms with Crippen molar-refractivity contribution in [1.82, 2.24) is 5.32 Å². The molecule has 8 heteroatoms. The Bertz CT molecular complexity index is 1290. The Labute approximate surface area is 207 Å². The van der Waals surface area contributed by atoms with Gasteiger partial charge < -0.3 is 9.47 Å². The molecule has 0 aromatic heterocycles. The Morgan fingerprint density at radius 1 is 0.914 bits per heavy atom. The molecule has 1 aliphatic heterocycles. The molecule has 0 bridgehead atoms. The van der Waals surface area contributed by atoms with Crippen LogP contribution in [0.15, 0.2) is 78.4 Å². The summed E-state index contributed by atoms with van der Waals surface area (Å²) in [5.41, 5.74) is 1.59. The van der Waals surface area contributed by atoms with Gasteiger partial charge in [-0.2, -0.15) is 0 Å². The van der Waals surface area contributed by atoms with Crippen molar-refractivity contribution in [3.63, 3.8) is 0 Å². The zero-order chi connectivity index (χ0) is 24.8. The molecular formula is C27H23ClN2O5. The molecule has 0 atom stereocenters. The van der Waals surface area contributed by atoms with E-state index in [1.165, 1.54) is 6.08 Å². The number of carbonyl (C=O) groups is 3. The largest absolute Gasteiger partial charge is 0.494 e. The molecule has 7 nitrogen and oxygen atoms in total. The van der Waals surface area contributed by atoms with Gasteiger partial charge in [0.25, 0.3) is 11.8 Å². The summed E-state index contributed by atoms with van der Waals surface area (Å²) < 4.78 is 11.4. The number of urea groups is 1. The van der Waals surface area contributed by atoms with Gasteiger partial charge in [0, 0.05) is 10.6 Å². The van der Waals surface area contributed by atoms with Crippen LogP contribution in [0.5, 0.6) is 11.5 Å². The van der Waals surface area contributed by atoms with Crippen LogP contribution in [0.25, 0.3) is 6.08 Å². The van der Waals surface area contributed by atoms with Crippen molar-refractivity contribution < 1.29 is 23.9 Å². The van der Waals surface area contributed by atoms with Crippen molar-refractivity contribution in [2.24, 2.45) is 0 Å². The lowest BCUT2D eigenvalue weighted by atomic mass is 10.1. The first kappa shape index (κ1) is 24.0. The molecule has 1 saturated heterocycles. The lowest BCUT2D eigenvalue weighted by Gasteiger charge is -2.26. The molecule has 3 aromatic rings. The zero-order valence-corrected chi connectivity index (χ0v) is 19.7. The quantitative estimate of drug-likeness (QED) is 0.339. The number of nitrogens with one attached hydrogen (secondary N) is 1. The normalized spacial score (nSPS) is 14.7. The minimum absolute atomic E-state index is 0.156. The van der Waals surface area contributed by atoms with Crippen LogP contribution in [0.2, 0.25) is 5.02 Å². The van der Waals surface area contributed by atoms with Crippen LogP contribution in [0, 0.1) is 0 Å². The predicted molar refractivity (Wildman–Crippen MR) is 133 cm³/mol. The van der Waals surface area contributed by atoms with Gasteiger partial charge in [0.15, 0.2) is 0 Å². The Kier molecular flexibility index (Phi) is 7.48. The second-order valence-corrected chi connectivity index (χ2v) is 8.16. The number of carbonyl (C=O) groups excluding carboxylic acids is 3. The van der Waals surface area contributed by atoms with E-state index >= 15 is 0 Å². The SMILES string of the molecule is CCCOc1cccc(/C=C2/C(=O)NC(=O)N(c3ccc(OCc4ccccc4Cl)cc3)C2=O)c1. The van der Waals surface area contributed by atoms with E-state index in [4.69, 9.17) is 21.1 Å². The van der Waals surface area contributed by atoms with Crippen molar-refractivity contribution in [1.29, 1.82) is 0 Å².